The SMILES string of the molecule is COCCC(CO)NC(=O)N[C@@H](C)c1oc2ccccc2c1C. The molecule has 2 amide bonds. The van der Waals surface area contributed by atoms with Crippen LogP contribution >= 0.6 is 0 Å². The van der Waals surface area contributed by atoms with Crippen LogP contribution in [0.4, 0.5) is 4.79 Å². The first kappa shape index (κ1) is 17.3. The molecule has 0 bridgehead atoms. The Hall–Kier alpha value is -2.05. The van der Waals surface area contributed by atoms with Gasteiger partial charge in [-0.2, -0.15) is 0 Å². The van der Waals surface area contributed by atoms with Crippen molar-refractivity contribution in [3.05, 3.63) is 35.6 Å². The highest BCUT2D eigenvalue weighted by Crippen LogP contribution is 2.28. The number of carbonyl (C=O) groups excluding carboxylic acids is 1. The molecule has 0 aliphatic carbocycles. The molecule has 3 N–H and O–H groups in total. The quantitative estimate of drug-likeness (QED) is 0.732. The minimum atomic E-state index is -0.340. The summed E-state index contributed by atoms with van der Waals surface area (Å²) in [6.45, 7) is 4.19. The van der Waals surface area contributed by atoms with Crippen LogP contribution in [0, 0.1) is 6.92 Å². The molecule has 0 saturated carbocycles. The number of hydrogen-bond donors (Lipinski definition) is 3. The molecule has 23 heavy (non-hydrogen) atoms. The van der Waals surface area contributed by atoms with E-state index in [-0.39, 0.29) is 24.7 Å². The molecular weight excluding hydrogens is 296 g/mol. The maximum absolute atomic E-state index is 12.1. The third-order valence-electron chi connectivity index (χ3n) is 3.85. The lowest BCUT2D eigenvalue weighted by Gasteiger charge is -2.18. The fourth-order valence-corrected chi connectivity index (χ4v) is 2.56. The first-order chi connectivity index (χ1) is 11.1. The van der Waals surface area contributed by atoms with Crippen molar-refractivity contribution in [3.8, 4) is 0 Å². The summed E-state index contributed by atoms with van der Waals surface area (Å²) < 4.78 is 10.8. The Morgan fingerprint density at radius 2 is 2.09 bits per heavy atom. The van der Waals surface area contributed by atoms with Crippen molar-refractivity contribution in [1.82, 2.24) is 10.6 Å². The summed E-state index contributed by atoms with van der Waals surface area (Å²) in [5.74, 6) is 0.735. The van der Waals surface area contributed by atoms with E-state index in [1.807, 2.05) is 38.1 Å². The van der Waals surface area contributed by atoms with Crippen LogP contribution in [0.2, 0.25) is 0 Å². The number of para-hydroxylation sites is 1. The molecule has 0 aliphatic rings. The van der Waals surface area contributed by atoms with Crippen molar-refractivity contribution in [2.45, 2.75) is 32.4 Å². The van der Waals surface area contributed by atoms with E-state index in [0.29, 0.717) is 13.0 Å². The van der Waals surface area contributed by atoms with Gasteiger partial charge in [0.25, 0.3) is 0 Å². The van der Waals surface area contributed by atoms with E-state index >= 15 is 0 Å². The number of urea groups is 1. The number of furan rings is 1. The third kappa shape index (κ3) is 4.24. The number of fused-ring (bicyclic) bond motifs is 1. The summed E-state index contributed by atoms with van der Waals surface area (Å²) in [6.07, 6.45) is 0.554. The van der Waals surface area contributed by atoms with Crippen LogP contribution in [0.3, 0.4) is 0 Å². The maximum Gasteiger partial charge on any atom is 0.315 e. The van der Waals surface area contributed by atoms with E-state index in [9.17, 15) is 9.90 Å². The first-order valence-corrected chi connectivity index (χ1v) is 7.71. The molecule has 0 fully saturated rings. The van der Waals surface area contributed by atoms with Gasteiger partial charge in [0.05, 0.1) is 18.7 Å². The number of nitrogens with one attached hydrogen (secondary N) is 2. The second kappa shape index (κ2) is 7.99. The summed E-state index contributed by atoms with van der Waals surface area (Å²) in [7, 11) is 1.58. The zero-order valence-electron chi connectivity index (χ0n) is 13.8. The van der Waals surface area contributed by atoms with Gasteiger partial charge >= 0.3 is 6.03 Å². The lowest BCUT2D eigenvalue weighted by molar-refractivity contribution is 0.159. The van der Waals surface area contributed by atoms with Crippen LogP contribution in [0.25, 0.3) is 11.0 Å². The molecule has 1 unspecified atom stereocenters. The first-order valence-electron chi connectivity index (χ1n) is 7.71. The number of aliphatic hydroxyl groups is 1. The normalized spacial score (nSPS) is 13.7. The molecule has 126 valence electrons. The summed E-state index contributed by atoms with van der Waals surface area (Å²) >= 11 is 0. The molecule has 0 aliphatic heterocycles. The van der Waals surface area contributed by atoms with E-state index in [2.05, 4.69) is 10.6 Å². The van der Waals surface area contributed by atoms with Gasteiger partial charge in [-0.15, -0.1) is 0 Å². The number of hydrogen-bond acceptors (Lipinski definition) is 4. The van der Waals surface area contributed by atoms with Crippen LogP contribution in [0.5, 0.6) is 0 Å². The van der Waals surface area contributed by atoms with Crippen molar-refractivity contribution in [2.75, 3.05) is 20.3 Å². The molecule has 2 rings (SSSR count). The monoisotopic (exact) mass is 320 g/mol. The summed E-state index contributed by atoms with van der Waals surface area (Å²) in [6, 6.07) is 6.83. The molecule has 0 saturated heterocycles. The predicted octanol–water partition coefficient (Wildman–Crippen LogP) is 2.50. The molecule has 1 aromatic heterocycles. The Morgan fingerprint density at radius 1 is 1.35 bits per heavy atom. The number of methoxy groups -OCH3 is 1. The van der Waals surface area contributed by atoms with Gasteiger partial charge in [-0.3, -0.25) is 0 Å². The van der Waals surface area contributed by atoms with Crippen molar-refractivity contribution in [1.29, 1.82) is 0 Å². The molecule has 0 spiro atoms. The van der Waals surface area contributed by atoms with E-state index in [0.717, 1.165) is 22.3 Å². The lowest BCUT2D eigenvalue weighted by Crippen LogP contribution is -2.45. The highest BCUT2D eigenvalue weighted by atomic mass is 16.5. The van der Waals surface area contributed by atoms with E-state index in [1.165, 1.54) is 0 Å². The van der Waals surface area contributed by atoms with Crippen LogP contribution in [-0.2, 0) is 4.74 Å². The van der Waals surface area contributed by atoms with Gasteiger partial charge in [-0.1, -0.05) is 18.2 Å². The summed E-state index contributed by atoms with van der Waals surface area (Å²) in [5.41, 5.74) is 1.83. The Labute approximate surface area is 135 Å². The van der Waals surface area contributed by atoms with Gasteiger partial charge < -0.3 is 24.9 Å². The van der Waals surface area contributed by atoms with Gasteiger partial charge in [-0.25, -0.2) is 4.79 Å². The number of benzene rings is 1. The number of aryl methyl sites for hydroxylation is 1. The fourth-order valence-electron chi connectivity index (χ4n) is 2.56. The molecule has 2 atom stereocenters. The third-order valence-corrected chi connectivity index (χ3v) is 3.85. The zero-order valence-corrected chi connectivity index (χ0v) is 13.8. The van der Waals surface area contributed by atoms with E-state index < -0.39 is 0 Å². The van der Waals surface area contributed by atoms with Gasteiger partial charge in [0.1, 0.15) is 11.3 Å². The van der Waals surface area contributed by atoms with Gasteiger partial charge in [0, 0.05) is 24.7 Å². The smallest absolute Gasteiger partial charge is 0.315 e. The van der Waals surface area contributed by atoms with Crippen LogP contribution < -0.4 is 10.6 Å². The molecular formula is C17H24N2O4. The Bertz CT molecular complexity index is 653. The number of rotatable bonds is 7. The standard InChI is InChI=1S/C17H24N2O4/c1-11-14-6-4-5-7-15(14)23-16(11)12(2)18-17(21)19-13(10-20)8-9-22-3/h4-7,12-13,20H,8-10H2,1-3H3,(H2,18,19,21)/t12-,13?/m0/s1. The number of aliphatic hydroxyl groups excluding tert-OH is 1. The average Bonchev–Trinajstić information content (AvgIpc) is 2.89. The topological polar surface area (TPSA) is 83.7 Å². The van der Waals surface area contributed by atoms with Gasteiger partial charge in [0.2, 0.25) is 0 Å². The lowest BCUT2D eigenvalue weighted by atomic mass is 10.1. The van der Waals surface area contributed by atoms with Crippen LogP contribution in [-0.4, -0.2) is 37.5 Å². The fraction of sp³-hybridized carbons (Fsp3) is 0.471. The molecule has 6 heteroatoms. The van der Waals surface area contributed by atoms with Crippen LogP contribution in [0.15, 0.2) is 28.7 Å². The van der Waals surface area contributed by atoms with Crippen LogP contribution in [0.1, 0.15) is 30.7 Å². The minimum absolute atomic E-state index is 0.130. The van der Waals surface area contributed by atoms with E-state index in [4.69, 9.17) is 9.15 Å². The molecule has 6 nitrogen and oxygen atoms in total. The van der Waals surface area contributed by atoms with Gasteiger partial charge in [-0.05, 0) is 26.3 Å². The van der Waals surface area contributed by atoms with Crippen molar-refractivity contribution < 1.29 is 19.1 Å². The predicted molar refractivity (Wildman–Crippen MR) is 88.4 cm³/mol. The largest absolute Gasteiger partial charge is 0.459 e. The van der Waals surface area contributed by atoms with Crippen molar-refractivity contribution in [3.63, 3.8) is 0 Å². The second-order valence-corrected chi connectivity index (χ2v) is 5.59. The highest BCUT2D eigenvalue weighted by Gasteiger charge is 2.19. The number of carbonyl (C=O) groups is 1. The minimum Gasteiger partial charge on any atom is -0.459 e. The average molecular weight is 320 g/mol. The molecule has 0 radical (unpaired) electrons. The van der Waals surface area contributed by atoms with E-state index in [1.54, 1.807) is 7.11 Å². The zero-order chi connectivity index (χ0) is 16.8. The highest BCUT2D eigenvalue weighted by molar-refractivity contribution is 5.82. The Balaban J connectivity index is 2.01. The molecule has 2 aromatic rings. The second-order valence-electron chi connectivity index (χ2n) is 5.59. The maximum atomic E-state index is 12.1. The molecule has 1 aromatic carbocycles. The summed E-state index contributed by atoms with van der Waals surface area (Å²) in [5, 5.41) is 15.9. The number of ether oxygens (including phenoxy) is 1. The Morgan fingerprint density at radius 3 is 2.74 bits per heavy atom. The van der Waals surface area contributed by atoms with Gasteiger partial charge in [0.15, 0.2) is 0 Å². The van der Waals surface area contributed by atoms with Crippen molar-refractivity contribution in [2.24, 2.45) is 0 Å². The summed E-state index contributed by atoms with van der Waals surface area (Å²) in [4.78, 5) is 12.1. The Kier molecular flexibility index (Phi) is 6.01. The number of amides is 2. The molecule has 1 heterocycles. The van der Waals surface area contributed by atoms with Crippen molar-refractivity contribution >= 4 is 17.0 Å².